The molecule has 1 amide bonds. The van der Waals surface area contributed by atoms with Gasteiger partial charge in [-0.3, -0.25) is 4.79 Å². The Hall–Kier alpha value is -3.41. The van der Waals surface area contributed by atoms with E-state index in [9.17, 15) is 4.79 Å². The largest absolute Gasteiger partial charge is 0.368 e. The van der Waals surface area contributed by atoms with Crippen LogP contribution < -0.4 is 15.1 Å². The first-order valence-corrected chi connectivity index (χ1v) is 9.86. The predicted molar refractivity (Wildman–Crippen MR) is 117 cm³/mol. The Bertz CT molecular complexity index is 980. The van der Waals surface area contributed by atoms with E-state index in [1.807, 2.05) is 38.1 Å². The molecule has 0 saturated carbocycles. The zero-order valence-electron chi connectivity index (χ0n) is 16.8. The van der Waals surface area contributed by atoms with Crippen molar-refractivity contribution in [3.8, 4) is 0 Å². The quantitative estimate of drug-likeness (QED) is 0.740. The summed E-state index contributed by atoms with van der Waals surface area (Å²) in [6.45, 7) is 7.62. The molecule has 1 aliphatic heterocycles. The van der Waals surface area contributed by atoms with Crippen molar-refractivity contribution in [2.24, 2.45) is 0 Å². The van der Waals surface area contributed by atoms with Crippen LogP contribution in [0.4, 0.5) is 17.3 Å². The molecule has 148 valence electrons. The van der Waals surface area contributed by atoms with Crippen molar-refractivity contribution in [3.05, 3.63) is 77.6 Å². The number of aryl methyl sites for hydroxylation is 2. The third-order valence-corrected chi connectivity index (χ3v) is 5.35. The van der Waals surface area contributed by atoms with Gasteiger partial charge in [-0.1, -0.05) is 24.3 Å². The second-order valence-electron chi connectivity index (χ2n) is 7.33. The van der Waals surface area contributed by atoms with Gasteiger partial charge in [0.05, 0.1) is 5.56 Å². The third-order valence-electron chi connectivity index (χ3n) is 5.35. The number of hydrogen-bond donors (Lipinski definition) is 1. The van der Waals surface area contributed by atoms with E-state index < -0.39 is 0 Å². The minimum absolute atomic E-state index is 0.200. The summed E-state index contributed by atoms with van der Waals surface area (Å²) in [5.74, 6) is 0.467. The molecule has 1 aliphatic rings. The molecule has 2 aromatic carbocycles. The van der Waals surface area contributed by atoms with Crippen LogP contribution in [0.2, 0.25) is 0 Å². The van der Waals surface area contributed by atoms with Crippen LogP contribution in [0.3, 0.4) is 0 Å². The van der Waals surface area contributed by atoms with Crippen LogP contribution in [-0.2, 0) is 0 Å². The van der Waals surface area contributed by atoms with Gasteiger partial charge in [0, 0.05) is 49.9 Å². The lowest BCUT2D eigenvalue weighted by Gasteiger charge is -2.36. The standard InChI is InChI=1S/C23H25N5O/c1-17-8-9-20(14-18(17)2)26-22(29)19-15-24-23(25-16-19)28-12-10-27(11-13-28)21-6-4-3-5-7-21/h3-9,14-16H,10-13H2,1-2H3,(H,26,29). The molecule has 2 heterocycles. The van der Waals surface area contributed by atoms with Gasteiger partial charge in [-0.05, 0) is 49.2 Å². The van der Waals surface area contributed by atoms with Crippen LogP contribution in [0.15, 0.2) is 60.9 Å². The van der Waals surface area contributed by atoms with E-state index in [1.165, 1.54) is 11.3 Å². The molecule has 0 unspecified atom stereocenters. The van der Waals surface area contributed by atoms with Crippen molar-refractivity contribution in [3.63, 3.8) is 0 Å². The highest BCUT2D eigenvalue weighted by molar-refractivity contribution is 6.03. The molecular formula is C23H25N5O. The molecule has 0 aliphatic carbocycles. The normalized spacial score (nSPS) is 14.0. The number of hydrogen-bond acceptors (Lipinski definition) is 5. The van der Waals surface area contributed by atoms with Gasteiger partial charge in [0.25, 0.3) is 5.91 Å². The zero-order chi connectivity index (χ0) is 20.2. The summed E-state index contributed by atoms with van der Waals surface area (Å²) in [5.41, 5.74) is 4.81. The maximum atomic E-state index is 12.5. The molecule has 1 fully saturated rings. The fourth-order valence-electron chi connectivity index (χ4n) is 3.43. The highest BCUT2D eigenvalue weighted by Crippen LogP contribution is 2.18. The van der Waals surface area contributed by atoms with Crippen molar-refractivity contribution in [2.75, 3.05) is 41.3 Å². The summed E-state index contributed by atoms with van der Waals surface area (Å²) < 4.78 is 0. The molecule has 1 N–H and O–H groups in total. The van der Waals surface area contributed by atoms with Crippen LogP contribution >= 0.6 is 0 Å². The number of piperazine rings is 1. The molecular weight excluding hydrogens is 362 g/mol. The Labute approximate surface area is 171 Å². The summed E-state index contributed by atoms with van der Waals surface area (Å²) in [6.07, 6.45) is 3.20. The molecule has 1 saturated heterocycles. The Morgan fingerprint density at radius 2 is 1.52 bits per heavy atom. The number of carbonyl (C=O) groups excluding carboxylic acids is 1. The van der Waals surface area contributed by atoms with Gasteiger partial charge in [0.15, 0.2) is 0 Å². The SMILES string of the molecule is Cc1ccc(NC(=O)c2cnc(N3CCN(c4ccccc4)CC3)nc2)cc1C. The Kier molecular flexibility index (Phi) is 5.42. The van der Waals surface area contributed by atoms with Gasteiger partial charge in [-0.2, -0.15) is 0 Å². The highest BCUT2D eigenvalue weighted by atomic mass is 16.1. The number of nitrogens with one attached hydrogen (secondary N) is 1. The van der Waals surface area contributed by atoms with Crippen LogP contribution in [0, 0.1) is 13.8 Å². The maximum absolute atomic E-state index is 12.5. The first-order valence-electron chi connectivity index (χ1n) is 9.86. The zero-order valence-corrected chi connectivity index (χ0v) is 16.8. The van der Waals surface area contributed by atoms with Gasteiger partial charge >= 0.3 is 0 Å². The fraction of sp³-hybridized carbons (Fsp3) is 0.261. The Balaban J connectivity index is 1.36. The number of anilines is 3. The van der Waals surface area contributed by atoms with Gasteiger partial charge in [-0.25, -0.2) is 9.97 Å². The number of nitrogens with zero attached hydrogens (tertiary/aromatic N) is 4. The van der Waals surface area contributed by atoms with Crippen LogP contribution in [0.25, 0.3) is 0 Å². The van der Waals surface area contributed by atoms with Crippen molar-refractivity contribution in [2.45, 2.75) is 13.8 Å². The minimum Gasteiger partial charge on any atom is -0.368 e. The summed E-state index contributed by atoms with van der Waals surface area (Å²) in [5, 5.41) is 2.91. The molecule has 29 heavy (non-hydrogen) atoms. The summed E-state index contributed by atoms with van der Waals surface area (Å²) >= 11 is 0. The molecule has 0 spiro atoms. The van der Waals surface area contributed by atoms with Crippen LogP contribution in [0.5, 0.6) is 0 Å². The number of para-hydroxylation sites is 1. The van der Waals surface area contributed by atoms with Crippen molar-refractivity contribution in [1.29, 1.82) is 0 Å². The number of benzene rings is 2. The Morgan fingerprint density at radius 1 is 0.862 bits per heavy atom. The van der Waals surface area contributed by atoms with Crippen molar-refractivity contribution < 1.29 is 4.79 Å². The molecule has 6 nitrogen and oxygen atoms in total. The third kappa shape index (κ3) is 4.37. The number of aromatic nitrogens is 2. The summed E-state index contributed by atoms with van der Waals surface area (Å²) in [7, 11) is 0. The number of amides is 1. The average Bonchev–Trinajstić information content (AvgIpc) is 2.77. The van der Waals surface area contributed by atoms with Crippen LogP contribution in [-0.4, -0.2) is 42.1 Å². The van der Waals surface area contributed by atoms with E-state index in [0.717, 1.165) is 37.4 Å². The number of carbonyl (C=O) groups is 1. The van der Waals surface area contributed by atoms with Crippen LogP contribution in [0.1, 0.15) is 21.5 Å². The van der Waals surface area contributed by atoms with E-state index in [-0.39, 0.29) is 5.91 Å². The summed E-state index contributed by atoms with van der Waals surface area (Å²) in [4.78, 5) is 25.9. The predicted octanol–water partition coefficient (Wildman–Crippen LogP) is 3.67. The van der Waals surface area contributed by atoms with E-state index in [1.54, 1.807) is 12.4 Å². The second kappa shape index (κ2) is 8.31. The topological polar surface area (TPSA) is 61.4 Å². The molecule has 4 rings (SSSR count). The number of rotatable bonds is 4. The minimum atomic E-state index is -0.200. The van der Waals surface area contributed by atoms with Crippen molar-refractivity contribution in [1.82, 2.24) is 9.97 Å². The van der Waals surface area contributed by atoms with E-state index in [4.69, 9.17) is 0 Å². The average molecular weight is 387 g/mol. The van der Waals surface area contributed by atoms with Gasteiger partial charge < -0.3 is 15.1 Å². The van der Waals surface area contributed by atoms with E-state index in [2.05, 4.69) is 49.4 Å². The molecule has 0 bridgehead atoms. The smallest absolute Gasteiger partial charge is 0.258 e. The second-order valence-corrected chi connectivity index (χ2v) is 7.33. The fourth-order valence-corrected chi connectivity index (χ4v) is 3.43. The van der Waals surface area contributed by atoms with E-state index >= 15 is 0 Å². The first-order chi connectivity index (χ1) is 14.1. The van der Waals surface area contributed by atoms with E-state index in [0.29, 0.717) is 11.5 Å². The van der Waals surface area contributed by atoms with Gasteiger partial charge in [0.2, 0.25) is 5.95 Å². The summed E-state index contributed by atoms with van der Waals surface area (Å²) in [6, 6.07) is 16.3. The van der Waals surface area contributed by atoms with Gasteiger partial charge in [-0.15, -0.1) is 0 Å². The molecule has 1 aromatic heterocycles. The molecule has 0 radical (unpaired) electrons. The molecule has 6 heteroatoms. The lowest BCUT2D eigenvalue weighted by molar-refractivity contribution is 0.102. The monoisotopic (exact) mass is 387 g/mol. The highest BCUT2D eigenvalue weighted by Gasteiger charge is 2.19. The maximum Gasteiger partial charge on any atom is 0.258 e. The van der Waals surface area contributed by atoms with Gasteiger partial charge in [0.1, 0.15) is 0 Å². The lowest BCUT2D eigenvalue weighted by atomic mass is 10.1. The molecule has 3 aromatic rings. The first kappa shape index (κ1) is 18.9. The molecule has 0 atom stereocenters. The van der Waals surface area contributed by atoms with Crippen molar-refractivity contribution >= 4 is 23.2 Å². The Morgan fingerprint density at radius 3 is 2.17 bits per heavy atom. The lowest BCUT2D eigenvalue weighted by Crippen LogP contribution is -2.47.